The molecular formula is C9H14N4S. The van der Waals surface area contributed by atoms with E-state index in [1.54, 1.807) is 0 Å². The molecule has 1 aromatic heterocycles. The Bertz CT molecular complexity index is 367. The Balaban J connectivity index is 2.14. The molecule has 0 atom stereocenters. The molecule has 0 saturated heterocycles. The highest BCUT2D eigenvalue weighted by molar-refractivity contribution is 7.71. The molecule has 1 fully saturated rings. The lowest BCUT2D eigenvalue weighted by Crippen LogP contribution is -2.17. The third-order valence-corrected chi connectivity index (χ3v) is 2.75. The Hall–Kier alpha value is -0.970. The second kappa shape index (κ2) is 4.04. The van der Waals surface area contributed by atoms with Gasteiger partial charge in [-0.25, -0.2) is 0 Å². The Morgan fingerprint density at radius 2 is 2.14 bits per heavy atom. The van der Waals surface area contributed by atoms with Crippen molar-refractivity contribution in [3.63, 3.8) is 0 Å². The van der Waals surface area contributed by atoms with Gasteiger partial charge < -0.3 is 5.32 Å². The maximum absolute atomic E-state index is 4.93. The van der Waals surface area contributed by atoms with Crippen LogP contribution in [-0.2, 0) is 0 Å². The summed E-state index contributed by atoms with van der Waals surface area (Å²) < 4.78 is 0.441. The van der Waals surface area contributed by atoms with Crippen molar-refractivity contribution in [3.8, 4) is 0 Å². The number of H-pyrrole nitrogens is 1. The molecule has 1 heterocycles. The molecular weight excluding hydrogens is 196 g/mol. The van der Waals surface area contributed by atoms with Gasteiger partial charge in [0.25, 0.3) is 0 Å². The Morgan fingerprint density at radius 1 is 1.43 bits per heavy atom. The highest BCUT2D eigenvalue weighted by atomic mass is 32.1. The van der Waals surface area contributed by atoms with Crippen molar-refractivity contribution >= 4 is 18.0 Å². The van der Waals surface area contributed by atoms with Crippen LogP contribution in [0.5, 0.6) is 0 Å². The number of anilines is 1. The van der Waals surface area contributed by atoms with E-state index in [1.165, 1.54) is 25.7 Å². The number of hydrogen-bond donors (Lipinski definition) is 2. The van der Waals surface area contributed by atoms with Crippen LogP contribution in [0.25, 0.3) is 0 Å². The van der Waals surface area contributed by atoms with Gasteiger partial charge in [0.2, 0.25) is 4.77 Å². The zero-order valence-corrected chi connectivity index (χ0v) is 9.02. The lowest BCUT2D eigenvalue weighted by molar-refractivity contribution is 0.742. The van der Waals surface area contributed by atoms with E-state index in [9.17, 15) is 0 Å². The lowest BCUT2D eigenvalue weighted by Gasteiger charge is -2.13. The molecule has 0 spiro atoms. The molecule has 2 N–H and O–H groups in total. The largest absolute Gasteiger partial charge is 0.366 e. The minimum Gasteiger partial charge on any atom is -0.366 e. The molecule has 0 unspecified atom stereocenters. The lowest BCUT2D eigenvalue weighted by atomic mass is 10.2. The molecule has 0 radical (unpaired) electrons. The van der Waals surface area contributed by atoms with Crippen LogP contribution in [-0.4, -0.2) is 21.2 Å². The quantitative estimate of drug-likeness (QED) is 0.735. The number of rotatable bonds is 2. The third kappa shape index (κ3) is 2.09. The molecule has 1 aliphatic carbocycles. The number of aromatic nitrogens is 3. The summed E-state index contributed by atoms with van der Waals surface area (Å²) in [6, 6.07) is 0.555. The molecule has 1 aromatic rings. The summed E-state index contributed by atoms with van der Waals surface area (Å²) in [4.78, 5) is 4.22. The summed E-state index contributed by atoms with van der Waals surface area (Å²) in [7, 11) is 0. The van der Waals surface area contributed by atoms with E-state index in [1.807, 2.05) is 6.92 Å². The molecule has 1 aliphatic rings. The van der Waals surface area contributed by atoms with Gasteiger partial charge in [-0.3, -0.25) is 5.10 Å². The fourth-order valence-electron chi connectivity index (χ4n) is 1.79. The van der Waals surface area contributed by atoms with E-state index < -0.39 is 0 Å². The number of hydrogen-bond acceptors (Lipinski definition) is 4. The van der Waals surface area contributed by atoms with Crippen LogP contribution in [0, 0.1) is 11.7 Å². The number of aryl methyl sites for hydroxylation is 1. The standard InChI is InChI=1S/C9H14N4S/c1-6-8(11-9(14)13-12-6)10-7-4-2-3-5-7/h7H,2-5H2,1H3,(H2,10,11,13,14). The first kappa shape index (κ1) is 9.58. The van der Waals surface area contributed by atoms with Crippen molar-refractivity contribution in [2.24, 2.45) is 0 Å². The Kier molecular flexibility index (Phi) is 2.77. The van der Waals surface area contributed by atoms with Gasteiger partial charge in [-0.2, -0.15) is 10.1 Å². The first-order valence-corrected chi connectivity index (χ1v) is 5.36. The molecule has 2 rings (SSSR count). The number of aromatic amines is 1. The van der Waals surface area contributed by atoms with Crippen molar-refractivity contribution in [2.75, 3.05) is 5.32 Å². The smallest absolute Gasteiger partial charge is 0.215 e. The van der Waals surface area contributed by atoms with Crippen molar-refractivity contribution in [3.05, 3.63) is 10.5 Å². The molecule has 0 amide bonds. The summed E-state index contributed by atoms with van der Waals surface area (Å²) in [5, 5.41) is 10.1. The summed E-state index contributed by atoms with van der Waals surface area (Å²) in [5.74, 6) is 0.834. The van der Waals surface area contributed by atoms with E-state index in [4.69, 9.17) is 12.2 Å². The van der Waals surface area contributed by atoms with Gasteiger partial charge in [0, 0.05) is 6.04 Å². The van der Waals surface area contributed by atoms with Crippen LogP contribution in [0.4, 0.5) is 5.82 Å². The number of nitrogens with one attached hydrogen (secondary N) is 2. The summed E-state index contributed by atoms with van der Waals surface area (Å²) in [5.41, 5.74) is 0.880. The van der Waals surface area contributed by atoms with Crippen LogP contribution in [0.2, 0.25) is 0 Å². The molecule has 0 aromatic carbocycles. The summed E-state index contributed by atoms with van der Waals surface area (Å²) >= 11 is 4.93. The minimum absolute atomic E-state index is 0.441. The zero-order valence-electron chi connectivity index (χ0n) is 8.21. The average molecular weight is 210 g/mol. The molecule has 14 heavy (non-hydrogen) atoms. The Labute approximate surface area is 88.2 Å². The second-order valence-electron chi connectivity index (χ2n) is 3.70. The van der Waals surface area contributed by atoms with Gasteiger partial charge in [0.05, 0.1) is 5.69 Å². The minimum atomic E-state index is 0.441. The van der Waals surface area contributed by atoms with Crippen LogP contribution in [0.15, 0.2) is 0 Å². The normalized spacial score (nSPS) is 17.2. The molecule has 76 valence electrons. The molecule has 4 nitrogen and oxygen atoms in total. The van der Waals surface area contributed by atoms with Crippen LogP contribution >= 0.6 is 12.2 Å². The third-order valence-electron chi connectivity index (χ3n) is 2.57. The fraction of sp³-hybridized carbons (Fsp3) is 0.667. The van der Waals surface area contributed by atoms with Gasteiger partial charge in [0.1, 0.15) is 0 Å². The van der Waals surface area contributed by atoms with Crippen LogP contribution in [0.3, 0.4) is 0 Å². The number of nitrogens with zero attached hydrogens (tertiary/aromatic N) is 2. The van der Waals surface area contributed by atoms with E-state index in [0.29, 0.717) is 10.8 Å². The molecule has 0 bridgehead atoms. The zero-order chi connectivity index (χ0) is 9.97. The van der Waals surface area contributed by atoms with Gasteiger partial charge in [0.15, 0.2) is 5.82 Å². The van der Waals surface area contributed by atoms with Crippen molar-refractivity contribution in [1.29, 1.82) is 0 Å². The molecule has 5 heteroatoms. The average Bonchev–Trinajstić information content (AvgIpc) is 2.64. The molecule has 0 aliphatic heterocycles. The highest BCUT2D eigenvalue weighted by Gasteiger charge is 2.15. The van der Waals surface area contributed by atoms with Crippen molar-refractivity contribution in [2.45, 2.75) is 38.6 Å². The maximum atomic E-state index is 4.93. The van der Waals surface area contributed by atoms with Gasteiger partial charge in [-0.1, -0.05) is 12.8 Å². The van der Waals surface area contributed by atoms with Gasteiger partial charge >= 0.3 is 0 Å². The van der Waals surface area contributed by atoms with Crippen LogP contribution < -0.4 is 5.32 Å². The predicted octanol–water partition coefficient (Wildman–Crippen LogP) is 2.20. The van der Waals surface area contributed by atoms with Crippen LogP contribution in [0.1, 0.15) is 31.4 Å². The Morgan fingerprint density at radius 3 is 2.86 bits per heavy atom. The highest BCUT2D eigenvalue weighted by Crippen LogP contribution is 2.21. The SMILES string of the molecule is Cc1n[nH]c(=S)nc1NC1CCCC1. The first-order chi connectivity index (χ1) is 6.75. The second-order valence-corrected chi connectivity index (χ2v) is 4.09. The van der Waals surface area contributed by atoms with E-state index in [0.717, 1.165) is 11.5 Å². The molecule has 1 saturated carbocycles. The summed E-state index contributed by atoms with van der Waals surface area (Å²) in [6.45, 7) is 1.93. The van der Waals surface area contributed by atoms with Crippen molar-refractivity contribution < 1.29 is 0 Å². The summed E-state index contributed by atoms with van der Waals surface area (Å²) in [6.07, 6.45) is 5.08. The topological polar surface area (TPSA) is 53.6 Å². The van der Waals surface area contributed by atoms with Gasteiger partial charge in [-0.15, -0.1) is 0 Å². The monoisotopic (exact) mass is 210 g/mol. The van der Waals surface area contributed by atoms with E-state index in [-0.39, 0.29) is 0 Å². The van der Waals surface area contributed by atoms with Gasteiger partial charge in [-0.05, 0) is 32.0 Å². The maximum Gasteiger partial charge on any atom is 0.215 e. The fourth-order valence-corrected chi connectivity index (χ4v) is 1.93. The first-order valence-electron chi connectivity index (χ1n) is 4.95. The van der Waals surface area contributed by atoms with E-state index in [2.05, 4.69) is 20.5 Å². The predicted molar refractivity (Wildman–Crippen MR) is 57.8 cm³/mol. The van der Waals surface area contributed by atoms with E-state index >= 15 is 0 Å². The van der Waals surface area contributed by atoms with Crippen molar-refractivity contribution in [1.82, 2.24) is 15.2 Å².